The van der Waals surface area contributed by atoms with Crippen molar-refractivity contribution in [3.8, 4) is 0 Å². The normalized spacial score (nSPS) is 11.2. The van der Waals surface area contributed by atoms with Crippen LogP contribution in [0.3, 0.4) is 0 Å². The van der Waals surface area contributed by atoms with Crippen LogP contribution in [0.1, 0.15) is 52.6 Å². The van der Waals surface area contributed by atoms with E-state index in [0.717, 1.165) is 32.9 Å². The molecule has 1 heterocycles. The van der Waals surface area contributed by atoms with E-state index >= 15 is 0 Å². The maximum Gasteiger partial charge on any atom is 0.330 e. The topological polar surface area (TPSA) is 94.5 Å². The molecule has 0 saturated carbocycles. The van der Waals surface area contributed by atoms with E-state index in [0.29, 0.717) is 24.3 Å². The number of benzene rings is 3. The summed E-state index contributed by atoms with van der Waals surface area (Å²) in [5, 5.41) is 4.60. The van der Waals surface area contributed by atoms with Gasteiger partial charge < -0.3 is 14.6 Å². The number of aromatic nitrogens is 1. The largest absolute Gasteiger partial charge is 0.463 e. The molecule has 0 bridgehead atoms. The van der Waals surface area contributed by atoms with E-state index in [2.05, 4.69) is 5.32 Å². The van der Waals surface area contributed by atoms with E-state index < -0.39 is 0 Å². The number of Topliss-reactive ketones (excluding diaryl/α,β-unsaturated/α-hetero) is 2. The van der Waals surface area contributed by atoms with Crippen molar-refractivity contribution in [2.75, 3.05) is 6.61 Å². The smallest absolute Gasteiger partial charge is 0.330 e. The quantitative estimate of drug-likeness (QED) is 0.198. The first kappa shape index (κ1) is 25.6. The summed E-state index contributed by atoms with van der Waals surface area (Å²) < 4.78 is 6.78. The van der Waals surface area contributed by atoms with Crippen LogP contribution in [0.25, 0.3) is 27.9 Å². The number of carbonyl (C=O) groups excluding carboxylic acids is 4. The van der Waals surface area contributed by atoms with Crippen LogP contribution in [0.4, 0.5) is 0 Å². The third-order valence-electron chi connectivity index (χ3n) is 6.15. The molecule has 0 aliphatic heterocycles. The summed E-state index contributed by atoms with van der Waals surface area (Å²) in [4.78, 5) is 48.3. The fourth-order valence-corrected chi connectivity index (χ4v) is 4.21. The number of ketones is 2. The van der Waals surface area contributed by atoms with Crippen LogP contribution in [0.15, 0.2) is 66.7 Å². The van der Waals surface area contributed by atoms with Gasteiger partial charge in [-0.05, 0) is 74.4 Å². The maximum absolute atomic E-state index is 12.9. The summed E-state index contributed by atoms with van der Waals surface area (Å²) >= 11 is 0. The van der Waals surface area contributed by atoms with Gasteiger partial charge >= 0.3 is 5.97 Å². The molecule has 1 amide bonds. The van der Waals surface area contributed by atoms with Crippen molar-refractivity contribution < 1.29 is 23.9 Å². The highest BCUT2D eigenvalue weighted by Crippen LogP contribution is 2.31. The van der Waals surface area contributed by atoms with Gasteiger partial charge in [0.25, 0.3) is 0 Å². The standard InChI is InChI=1S/C30H28N2O5/c1-4-37-30(36)14-9-21-5-7-22(8-6-21)17-31-29(35)18-32-27-12-10-23(19(2)33)15-25(27)26-16-24(20(3)34)11-13-28(26)32/h5-16H,4,17-18H2,1-3H3,(H,31,35)/b14-9+. The second kappa shape index (κ2) is 11.0. The Kier molecular flexibility index (Phi) is 7.63. The van der Waals surface area contributed by atoms with Crippen molar-refractivity contribution >= 4 is 51.3 Å². The van der Waals surface area contributed by atoms with Gasteiger partial charge in [0.2, 0.25) is 5.91 Å². The van der Waals surface area contributed by atoms with Gasteiger partial charge in [0.15, 0.2) is 11.6 Å². The van der Waals surface area contributed by atoms with Crippen LogP contribution < -0.4 is 5.32 Å². The monoisotopic (exact) mass is 496 g/mol. The molecule has 7 heteroatoms. The molecule has 188 valence electrons. The number of hydrogen-bond donors (Lipinski definition) is 1. The third kappa shape index (κ3) is 5.83. The molecule has 0 atom stereocenters. The molecule has 0 spiro atoms. The lowest BCUT2D eigenvalue weighted by Gasteiger charge is -2.10. The van der Waals surface area contributed by atoms with Crippen molar-refractivity contribution in [2.24, 2.45) is 0 Å². The summed E-state index contributed by atoms with van der Waals surface area (Å²) in [7, 11) is 0. The fourth-order valence-electron chi connectivity index (χ4n) is 4.21. The minimum Gasteiger partial charge on any atom is -0.463 e. The predicted molar refractivity (Wildman–Crippen MR) is 143 cm³/mol. The number of carbonyl (C=O) groups is 4. The van der Waals surface area contributed by atoms with Gasteiger partial charge in [0.05, 0.1) is 6.61 Å². The van der Waals surface area contributed by atoms with E-state index in [-0.39, 0.29) is 30.0 Å². The molecule has 37 heavy (non-hydrogen) atoms. The molecule has 0 radical (unpaired) electrons. The minimum absolute atomic E-state index is 0.0503. The molecular formula is C30H28N2O5. The number of rotatable bonds is 9. The Balaban J connectivity index is 1.53. The van der Waals surface area contributed by atoms with E-state index in [1.165, 1.54) is 19.9 Å². The highest BCUT2D eigenvalue weighted by molar-refractivity contribution is 6.13. The Bertz CT molecular complexity index is 1470. The number of nitrogens with one attached hydrogen (secondary N) is 1. The van der Waals surface area contributed by atoms with Gasteiger partial charge in [-0.3, -0.25) is 14.4 Å². The van der Waals surface area contributed by atoms with E-state index in [1.807, 2.05) is 53.1 Å². The lowest BCUT2D eigenvalue weighted by atomic mass is 10.0. The van der Waals surface area contributed by atoms with Gasteiger partial charge in [-0.15, -0.1) is 0 Å². The molecule has 0 aliphatic carbocycles. The van der Waals surface area contributed by atoms with Crippen molar-refractivity contribution in [3.63, 3.8) is 0 Å². The lowest BCUT2D eigenvalue weighted by Crippen LogP contribution is -2.27. The molecule has 0 aliphatic rings. The molecule has 0 saturated heterocycles. The van der Waals surface area contributed by atoms with Gasteiger partial charge in [-0.2, -0.15) is 0 Å². The number of ether oxygens (including phenoxy) is 1. The molecular weight excluding hydrogens is 468 g/mol. The van der Waals surface area contributed by atoms with Crippen LogP contribution in [0.2, 0.25) is 0 Å². The van der Waals surface area contributed by atoms with Gasteiger partial charge in [0, 0.05) is 45.6 Å². The van der Waals surface area contributed by atoms with E-state index in [1.54, 1.807) is 25.1 Å². The first-order valence-corrected chi connectivity index (χ1v) is 12.0. The van der Waals surface area contributed by atoms with Crippen LogP contribution >= 0.6 is 0 Å². The molecule has 7 nitrogen and oxygen atoms in total. The minimum atomic E-state index is -0.390. The molecule has 0 fully saturated rings. The van der Waals surface area contributed by atoms with E-state index in [4.69, 9.17) is 4.74 Å². The highest BCUT2D eigenvalue weighted by atomic mass is 16.5. The molecule has 1 aromatic heterocycles. The molecule has 3 aromatic carbocycles. The number of hydrogen-bond acceptors (Lipinski definition) is 5. The van der Waals surface area contributed by atoms with Gasteiger partial charge in [0.1, 0.15) is 6.54 Å². The second-order valence-corrected chi connectivity index (χ2v) is 8.77. The average Bonchev–Trinajstić information content (AvgIpc) is 3.19. The number of amides is 1. The lowest BCUT2D eigenvalue weighted by molar-refractivity contribution is -0.137. The van der Waals surface area contributed by atoms with Gasteiger partial charge in [-0.1, -0.05) is 24.3 Å². The van der Waals surface area contributed by atoms with Crippen molar-refractivity contribution in [1.82, 2.24) is 9.88 Å². The zero-order valence-corrected chi connectivity index (χ0v) is 21.0. The third-order valence-corrected chi connectivity index (χ3v) is 6.15. The average molecular weight is 497 g/mol. The van der Waals surface area contributed by atoms with Crippen molar-refractivity contribution in [2.45, 2.75) is 33.9 Å². The number of fused-ring (bicyclic) bond motifs is 3. The Morgan fingerprint density at radius 2 is 1.41 bits per heavy atom. The SMILES string of the molecule is CCOC(=O)/C=C/c1ccc(CNC(=O)Cn2c3ccc(C(C)=O)cc3c3cc(C(C)=O)ccc32)cc1. The summed E-state index contributed by atoms with van der Waals surface area (Å²) in [6.07, 6.45) is 3.06. The molecule has 4 aromatic rings. The molecule has 1 N–H and O–H groups in total. The van der Waals surface area contributed by atoms with Crippen molar-refractivity contribution in [3.05, 3.63) is 89.0 Å². The first-order valence-electron chi connectivity index (χ1n) is 12.0. The summed E-state index contributed by atoms with van der Waals surface area (Å²) in [6.45, 7) is 5.54. The zero-order chi connectivity index (χ0) is 26.5. The first-order chi connectivity index (χ1) is 17.8. The molecule has 0 unspecified atom stereocenters. The summed E-state index contributed by atoms with van der Waals surface area (Å²) in [6, 6.07) is 18.3. The van der Waals surface area contributed by atoms with Crippen LogP contribution in [-0.4, -0.2) is 34.6 Å². The van der Waals surface area contributed by atoms with Crippen molar-refractivity contribution in [1.29, 1.82) is 0 Å². The predicted octanol–water partition coefficient (Wildman–Crippen LogP) is 5.09. The maximum atomic E-state index is 12.9. The Morgan fingerprint density at radius 3 is 1.92 bits per heavy atom. The Labute approximate surface area is 214 Å². The number of nitrogens with zero attached hydrogens (tertiary/aromatic N) is 1. The van der Waals surface area contributed by atoms with Crippen LogP contribution in [-0.2, 0) is 27.4 Å². The van der Waals surface area contributed by atoms with E-state index in [9.17, 15) is 19.2 Å². The highest BCUT2D eigenvalue weighted by Gasteiger charge is 2.16. The second-order valence-electron chi connectivity index (χ2n) is 8.77. The Hall–Kier alpha value is -4.52. The number of esters is 1. The van der Waals surface area contributed by atoms with Gasteiger partial charge in [-0.25, -0.2) is 4.79 Å². The fraction of sp³-hybridized carbons (Fsp3) is 0.200. The van der Waals surface area contributed by atoms with Crippen LogP contribution in [0.5, 0.6) is 0 Å². The summed E-state index contributed by atoms with van der Waals surface area (Å²) in [5.41, 5.74) is 4.54. The van der Waals surface area contributed by atoms with Crippen LogP contribution in [0, 0.1) is 0 Å². The summed E-state index contributed by atoms with van der Waals surface area (Å²) in [5.74, 6) is -0.661. The Morgan fingerprint density at radius 1 is 0.838 bits per heavy atom. The zero-order valence-electron chi connectivity index (χ0n) is 21.0. The molecule has 4 rings (SSSR count).